The van der Waals surface area contributed by atoms with Crippen LogP contribution in [-0.4, -0.2) is 0 Å². The molecule has 7 aliphatic carbocycles. The SMILES string of the molecule is C=C(/C=C(\C)C12C=CC=CC1C2)c1ccc(-c2cc3c(c(-c4ccc(C5=CCC6(CC)C=CC=CC67CC57)cc4)c2)C2CC2C=C3)cc1. The van der Waals surface area contributed by atoms with E-state index < -0.39 is 0 Å². The Labute approximate surface area is 286 Å². The Morgan fingerprint density at radius 3 is 2.42 bits per heavy atom. The second-order valence-corrected chi connectivity index (χ2v) is 15.9. The second kappa shape index (κ2) is 10.1. The van der Waals surface area contributed by atoms with Crippen LogP contribution >= 0.6 is 0 Å². The highest BCUT2D eigenvalue weighted by atomic mass is 14.7. The summed E-state index contributed by atoms with van der Waals surface area (Å²) in [6.07, 6.45) is 34.6. The normalized spacial score (nSPS) is 34.0. The zero-order valence-electron chi connectivity index (χ0n) is 28.3. The molecule has 0 N–H and O–H groups in total. The average molecular weight is 621 g/mol. The Kier molecular flexibility index (Phi) is 5.98. The predicted octanol–water partition coefficient (Wildman–Crippen LogP) is 12.6. The molecule has 3 aromatic carbocycles. The van der Waals surface area contributed by atoms with Gasteiger partial charge in [0.25, 0.3) is 0 Å². The molecule has 1 spiro atoms. The van der Waals surface area contributed by atoms with Crippen molar-refractivity contribution >= 4 is 17.2 Å². The molecule has 0 heterocycles. The van der Waals surface area contributed by atoms with Crippen molar-refractivity contribution < 1.29 is 0 Å². The lowest BCUT2D eigenvalue weighted by molar-refractivity contribution is 0.225. The highest BCUT2D eigenvalue weighted by molar-refractivity contribution is 5.85. The quantitative estimate of drug-likeness (QED) is 0.231. The minimum absolute atomic E-state index is 0.224. The first-order valence-corrected chi connectivity index (χ1v) is 18.3. The molecular formula is C48H44. The van der Waals surface area contributed by atoms with E-state index in [2.05, 4.69) is 154 Å². The van der Waals surface area contributed by atoms with E-state index in [4.69, 9.17) is 0 Å². The monoisotopic (exact) mass is 620 g/mol. The maximum atomic E-state index is 4.47. The summed E-state index contributed by atoms with van der Waals surface area (Å²) in [5, 5.41) is 0. The third-order valence-electron chi connectivity index (χ3n) is 13.6. The molecular weight excluding hydrogens is 577 g/mol. The highest BCUT2D eigenvalue weighted by Gasteiger charge is 2.66. The summed E-state index contributed by atoms with van der Waals surface area (Å²) in [6.45, 7) is 9.13. The van der Waals surface area contributed by atoms with E-state index in [-0.39, 0.29) is 5.41 Å². The summed E-state index contributed by atoms with van der Waals surface area (Å²) in [5.74, 6) is 2.68. The van der Waals surface area contributed by atoms with Crippen LogP contribution < -0.4 is 0 Å². The molecule has 0 saturated heterocycles. The molecule has 48 heavy (non-hydrogen) atoms. The Hall–Kier alpha value is -4.42. The van der Waals surface area contributed by atoms with Crippen molar-refractivity contribution in [3.63, 3.8) is 0 Å². The predicted molar refractivity (Wildman–Crippen MR) is 203 cm³/mol. The van der Waals surface area contributed by atoms with Crippen LogP contribution in [0.5, 0.6) is 0 Å². The molecule has 7 aliphatic rings. The van der Waals surface area contributed by atoms with E-state index >= 15 is 0 Å². The fraction of sp³-hybridized carbons (Fsp3) is 0.292. The van der Waals surface area contributed by atoms with Gasteiger partial charge in [-0.1, -0.05) is 141 Å². The summed E-state index contributed by atoms with van der Waals surface area (Å²) in [4.78, 5) is 0. The molecule has 7 unspecified atom stereocenters. The molecule has 0 aromatic heterocycles. The topological polar surface area (TPSA) is 0 Å². The molecule has 0 heteroatoms. The van der Waals surface area contributed by atoms with Crippen molar-refractivity contribution in [3.05, 3.63) is 162 Å². The van der Waals surface area contributed by atoms with Gasteiger partial charge in [-0.3, -0.25) is 0 Å². The Bertz CT molecular complexity index is 2100. The molecule has 0 radical (unpaired) electrons. The number of fused-ring (bicyclic) bond motifs is 4. The smallest absolute Gasteiger partial charge is 0.0164 e. The van der Waals surface area contributed by atoms with Gasteiger partial charge in [0, 0.05) is 16.2 Å². The summed E-state index contributed by atoms with van der Waals surface area (Å²) >= 11 is 0. The molecule has 236 valence electrons. The molecule has 0 amide bonds. The molecule has 7 atom stereocenters. The maximum Gasteiger partial charge on any atom is 0.0164 e. The van der Waals surface area contributed by atoms with E-state index in [1.54, 1.807) is 11.1 Å². The molecule has 0 nitrogen and oxygen atoms in total. The summed E-state index contributed by atoms with van der Waals surface area (Å²) in [6, 6.07) is 23.6. The standard InChI is InChI=1S/C48H44/c1-4-46-21-7-8-23-48(46)30-44(48)41(20-24-46)35-14-16-36(17-15-35)42-28-39(26-38-19-18-37-27-43(37)45(38)42)34-12-10-33(11-13-34)31(2)25-32(3)47-22-6-5-9-40(47)29-47/h5-23,25-26,28,37,40,43-44H,2,4,24,27,29-30H2,1,3H3/b32-25+. The van der Waals surface area contributed by atoms with Gasteiger partial charge in [0.1, 0.15) is 0 Å². The number of hydrogen-bond acceptors (Lipinski definition) is 0. The molecule has 3 saturated carbocycles. The van der Waals surface area contributed by atoms with Gasteiger partial charge in [-0.25, -0.2) is 0 Å². The van der Waals surface area contributed by atoms with Crippen LogP contribution in [0.25, 0.3) is 39.5 Å². The van der Waals surface area contributed by atoms with Crippen molar-refractivity contribution in [1.29, 1.82) is 0 Å². The zero-order chi connectivity index (χ0) is 32.3. The van der Waals surface area contributed by atoms with Crippen LogP contribution in [0.3, 0.4) is 0 Å². The summed E-state index contributed by atoms with van der Waals surface area (Å²) in [7, 11) is 0. The summed E-state index contributed by atoms with van der Waals surface area (Å²) in [5.41, 5.74) is 15.8. The van der Waals surface area contributed by atoms with E-state index in [9.17, 15) is 0 Å². The van der Waals surface area contributed by atoms with Gasteiger partial charge >= 0.3 is 0 Å². The Morgan fingerprint density at radius 1 is 0.833 bits per heavy atom. The highest BCUT2D eigenvalue weighted by Crippen LogP contribution is 2.74. The van der Waals surface area contributed by atoms with Gasteiger partial charge < -0.3 is 0 Å². The third kappa shape index (κ3) is 4.08. The number of hydrogen-bond donors (Lipinski definition) is 0. The van der Waals surface area contributed by atoms with Crippen LogP contribution in [-0.2, 0) is 0 Å². The first-order chi connectivity index (χ1) is 23.4. The molecule has 3 fully saturated rings. The van der Waals surface area contributed by atoms with Crippen molar-refractivity contribution in [2.45, 2.75) is 51.9 Å². The summed E-state index contributed by atoms with van der Waals surface area (Å²) < 4.78 is 0. The lowest BCUT2D eigenvalue weighted by Crippen LogP contribution is -2.33. The second-order valence-electron chi connectivity index (χ2n) is 15.9. The molecule has 3 aromatic rings. The first kappa shape index (κ1) is 28.6. The van der Waals surface area contributed by atoms with Crippen molar-refractivity contribution in [3.8, 4) is 22.3 Å². The average Bonchev–Trinajstić information content (AvgIpc) is 4.04. The third-order valence-corrected chi connectivity index (χ3v) is 13.6. The largest absolute Gasteiger partial charge is 0.0912 e. The minimum atomic E-state index is 0.224. The van der Waals surface area contributed by atoms with Crippen molar-refractivity contribution in [1.82, 2.24) is 0 Å². The fourth-order valence-corrected chi connectivity index (χ4v) is 10.4. The lowest BCUT2D eigenvalue weighted by Gasteiger charge is -2.42. The van der Waals surface area contributed by atoms with Gasteiger partial charge in [-0.15, -0.1) is 0 Å². The van der Waals surface area contributed by atoms with Crippen LogP contribution in [0.15, 0.2) is 140 Å². The fourth-order valence-electron chi connectivity index (χ4n) is 10.4. The van der Waals surface area contributed by atoms with E-state index in [0.29, 0.717) is 34.5 Å². The van der Waals surface area contributed by atoms with Crippen molar-refractivity contribution in [2.75, 3.05) is 0 Å². The Morgan fingerprint density at radius 2 is 1.60 bits per heavy atom. The lowest BCUT2D eigenvalue weighted by atomic mass is 9.62. The molecule has 0 bridgehead atoms. The van der Waals surface area contributed by atoms with Crippen molar-refractivity contribution in [2.24, 2.45) is 34.0 Å². The van der Waals surface area contributed by atoms with Crippen LogP contribution in [0.1, 0.15) is 74.1 Å². The van der Waals surface area contributed by atoms with E-state index in [1.807, 2.05) is 0 Å². The number of rotatable bonds is 7. The zero-order valence-corrected chi connectivity index (χ0v) is 28.3. The van der Waals surface area contributed by atoms with E-state index in [1.165, 1.54) is 70.2 Å². The molecule has 0 aliphatic heterocycles. The van der Waals surface area contributed by atoms with Gasteiger partial charge in [-0.05, 0) is 130 Å². The van der Waals surface area contributed by atoms with Gasteiger partial charge in [0.05, 0.1) is 0 Å². The molecule has 10 rings (SSSR count). The van der Waals surface area contributed by atoms with Crippen LogP contribution in [0.2, 0.25) is 0 Å². The van der Waals surface area contributed by atoms with Gasteiger partial charge in [0.15, 0.2) is 0 Å². The minimum Gasteiger partial charge on any atom is -0.0912 e. The first-order valence-electron chi connectivity index (χ1n) is 18.3. The number of benzene rings is 3. The Balaban J connectivity index is 0.953. The van der Waals surface area contributed by atoms with Crippen LogP contribution in [0.4, 0.5) is 0 Å². The van der Waals surface area contributed by atoms with Gasteiger partial charge in [-0.2, -0.15) is 0 Å². The van der Waals surface area contributed by atoms with Gasteiger partial charge in [0.2, 0.25) is 0 Å². The number of allylic oxidation sites excluding steroid dienone is 14. The van der Waals surface area contributed by atoms with Crippen LogP contribution in [0, 0.1) is 34.0 Å². The van der Waals surface area contributed by atoms with E-state index in [0.717, 1.165) is 12.0 Å². The maximum absolute atomic E-state index is 4.47.